The van der Waals surface area contributed by atoms with E-state index < -0.39 is 22.5 Å². The van der Waals surface area contributed by atoms with E-state index in [2.05, 4.69) is 32.2 Å². The number of aromatic nitrogens is 4. The van der Waals surface area contributed by atoms with Crippen molar-refractivity contribution in [3.63, 3.8) is 0 Å². The number of nitrogens with zero attached hydrogens (tertiary/aromatic N) is 4. The lowest BCUT2D eigenvalue weighted by molar-refractivity contribution is 0.102. The van der Waals surface area contributed by atoms with Gasteiger partial charge in [0.2, 0.25) is 0 Å². The lowest BCUT2D eigenvalue weighted by Crippen LogP contribution is -2.13. The van der Waals surface area contributed by atoms with Gasteiger partial charge in [0.15, 0.2) is 5.69 Å². The Kier molecular flexibility index (Phi) is 6.28. The van der Waals surface area contributed by atoms with Crippen LogP contribution in [0, 0.1) is 17.7 Å². The second-order valence-electron chi connectivity index (χ2n) is 7.58. The molecule has 0 spiro atoms. The third-order valence-corrected chi connectivity index (χ3v) is 6.90. The molecule has 0 aliphatic heterocycles. The van der Waals surface area contributed by atoms with Gasteiger partial charge in [0, 0.05) is 34.5 Å². The first-order valence-electron chi connectivity index (χ1n) is 10.5. The van der Waals surface area contributed by atoms with Crippen molar-refractivity contribution < 1.29 is 13.4 Å². The summed E-state index contributed by atoms with van der Waals surface area (Å²) in [6, 6.07) is 14.0. The van der Waals surface area contributed by atoms with Crippen LogP contribution in [0.15, 0.2) is 71.3 Å². The van der Waals surface area contributed by atoms with Crippen LogP contribution in [-0.4, -0.2) is 36.1 Å². The van der Waals surface area contributed by atoms with Gasteiger partial charge in [-0.05, 0) is 42.5 Å². The summed E-state index contributed by atoms with van der Waals surface area (Å²) >= 11 is 1.44. The molecule has 0 aliphatic rings. The van der Waals surface area contributed by atoms with Crippen LogP contribution in [0.4, 0.5) is 15.9 Å². The molecule has 8 nitrogen and oxygen atoms in total. The van der Waals surface area contributed by atoms with Gasteiger partial charge in [-0.2, -0.15) is 5.10 Å². The molecule has 11 heteroatoms. The molecule has 0 aliphatic carbocycles. The van der Waals surface area contributed by atoms with Crippen molar-refractivity contribution in [1.82, 2.24) is 19.7 Å². The largest absolute Gasteiger partial charge is 0.383 e. The van der Waals surface area contributed by atoms with Crippen molar-refractivity contribution in [1.29, 1.82) is 0 Å². The average molecular weight is 517 g/mol. The van der Waals surface area contributed by atoms with E-state index in [-0.39, 0.29) is 5.69 Å². The first-order valence-corrected chi connectivity index (χ1v) is 12.9. The number of thiophene rings is 1. The van der Waals surface area contributed by atoms with Crippen LogP contribution in [0.1, 0.15) is 21.6 Å². The summed E-state index contributed by atoms with van der Waals surface area (Å²) in [5.74, 6) is 5.65. The van der Waals surface area contributed by atoms with Crippen molar-refractivity contribution in [3.05, 3.63) is 88.9 Å². The van der Waals surface area contributed by atoms with Crippen LogP contribution < -0.4 is 11.1 Å². The van der Waals surface area contributed by atoms with Crippen LogP contribution in [0.25, 0.3) is 15.9 Å². The number of benzene rings is 2. The third kappa shape index (κ3) is 4.72. The van der Waals surface area contributed by atoms with Crippen LogP contribution >= 0.6 is 11.3 Å². The van der Waals surface area contributed by atoms with Gasteiger partial charge < -0.3 is 11.1 Å². The van der Waals surface area contributed by atoms with E-state index in [0.717, 1.165) is 15.8 Å². The number of hydrogen-bond acceptors (Lipinski definition) is 7. The molecule has 5 rings (SSSR count). The molecule has 5 aromatic rings. The number of fused-ring (bicyclic) bond motifs is 1. The molecule has 3 N–H and O–H groups in total. The van der Waals surface area contributed by atoms with E-state index in [1.54, 1.807) is 18.2 Å². The van der Waals surface area contributed by atoms with E-state index in [4.69, 9.17) is 5.73 Å². The molecule has 0 fully saturated rings. The molecule has 3 aromatic heterocycles. The number of carbonyl (C=O) groups is 1. The summed E-state index contributed by atoms with van der Waals surface area (Å²) in [5.41, 5.74) is 8.46. The molecule has 0 saturated heterocycles. The van der Waals surface area contributed by atoms with Crippen LogP contribution in [-0.2, 0) is 10.8 Å². The minimum absolute atomic E-state index is 0.0706. The Morgan fingerprint density at radius 1 is 1.14 bits per heavy atom. The van der Waals surface area contributed by atoms with Gasteiger partial charge in [-0.1, -0.05) is 17.9 Å². The van der Waals surface area contributed by atoms with Gasteiger partial charge in [-0.3, -0.25) is 9.00 Å². The summed E-state index contributed by atoms with van der Waals surface area (Å²) in [4.78, 5) is 21.9. The number of nitrogens with one attached hydrogen (secondary N) is 1. The van der Waals surface area contributed by atoms with Crippen LogP contribution in [0.2, 0.25) is 0 Å². The van der Waals surface area contributed by atoms with Crippen LogP contribution in [0.5, 0.6) is 0 Å². The predicted molar refractivity (Wildman–Crippen MR) is 138 cm³/mol. The lowest BCUT2D eigenvalue weighted by atomic mass is 10.1. The fraction of sp³-hybridized carbons (Fsp3) is 0.0400. The zero-order chi connectivity index (χ0) is 25.2. The number of hydrogen-bond donors (Lipinski definition) is 2. The zero-order valence-electron chi connectivity index (χ0n) is 18.7. The van der Waals surface area contributed by atoms with Gasteiger partial charge in [0.1, 0.15) is 27.8 Å². The van der Waals surface area contributed by atoms with Crippen molar-refractivity contribution in [3.8, 4) is 17.5 Å². The molecule has 0 radical (unpaired) electrons. The highest BCUT2D eigenvalue weighted by Crippen LogP contribution is 2.27. The Balaban J connectivity index is 1.39. The summed E-state index contributed by atoms with van der Waals surface area (Å²) in [5, 5.41) is 10.0. The topological polar surface area (TPSA) is 116 Å². The van der Waals surface area contributed by atoms with E-state index in [1.807, 2.05) is 11.4 Å². The second-order valence-corrected chi connectivity index (χ2v) is 9.77. The van der Waals surface area contributed by atoms with Gasteiger partial charge in [-0.25, -0.2) is 19.0 Å². The van der Waals surface area contributed by atoms with E-state index in [9.17, 15) is 13.4 Å². The van der Waals surface area contributed by atoms with Gasteiger partial charge in [0.25, 0.3) is 5.91 Å². The molecule has 0 bridgehead atoms. The number of anilines is 2. The fourth-order valence-corrected chi connectivity index (χ4v) is 4.96. The van der Waals surface area contributed by atoms with Gasteiger partial charge >= 0.3 is 0 Å². The number of nitrogen functional groups attached to an aromatic ring is 1. The maximum Gasteiger partial charge on any atom is 0.276 e. The first kappa shape index (κ1) is 23.3. The highest BCUT2D eigenvalue weighted by Gasteiger charge is 2.18. The maximum atomic E-state index is 13.3. The fourth-order valence-electron chi connectivity index (χ4n) is 3.45. The molecular formula is C25H17FN6O2S2. The smallest absolute Gasteiger partial charge is 0.276 e. The SMILES string of the molecule is CS(=O)c1cc(C(=O)Nc2cccc(C#Cc3csc4ncnc(N)c34)c2)nn1-c1ccc(F)cc1. The molecule has 1 amide bonds. The lowest BCUT2D eigenvalue weighted by Gasteiger charge is -2.05. The molecule has 0 saturated carbocycles. The minimum atomic E-state index is -1.43. The second kappa shape index (κ2) is 9.69. The Morgan fingerprint density at radius 3 is 2.72 bits per heavy atom. The standard InChI is InChI=1S/C25H17FN6O2S2/c1-36(34)21-12-20(31-32(21)19-9-7-17(26)8-10-19)24(33)30-18-4-2-3-15(11-18)5-6-16-13-35-25-22(16)23(27)28-14-29-25/h2-4,7-14H,1H3,(H,30,33)(H2,27,28,29). The molecule has 178 valence electrons. The number of amides is 1. The quantitative estimate of drug-likeness (QED) is 0.349. The van der Waals surface area contributed by atoms with Crippen molar-refractivity contribution in [2.24, 2.45) is 0 Å². The Labute approximate surface area is 211 Å². The average Bonchev–Trinajstić information content (AvgIpc) is 3.49. The van der Waals surface area contributed by atoms with E-state index in [1.165, 1.54) is 58.9 Å². The van der Waals surface area contributed by atoms with Crippen molar-refractivity contribution in [2.45, 2.75) is 5.03 Å². The summed E-state index contributed by atoms with van der Waals surface area (Å²) < 4.78 is 26.9. The van der Waals surface area contributed by atoms with Crippen molar-refractivity contribution in [2.75, 3.05) is 17.3 Å². The first-order chi connectivity index (χ1) is 17.4. The number of nitrogens with two attached hydrogens (primary N) is 1. The van der Waals surface area contributed by atoms with E-state index >= 15 is 0 Å². The van der Waals surface area contributed by atoms with Gasteiger partial charge in [0.05, 0.1) is 21.9 Å². The predicted octanol–water partition coefficient (Wildman–Crippen LogP) is 3.99. The third-order valence-electron chi connectivity index (χ3n) is 5.14. The molecular weight excluding hydrogens is 499 g/mol. The van der Waals surface area contributed by atoms with Crippen LogP contribution in [0.3, 0.4) is 0 Å². The Bertz CT molecular complexity index is 1700. The number of carbonyl (C=O) groups excluding carboxylic acids is 1. The molecule has 36 heavy (non-hydrogen) atoms. The summed E-state index contributed by atoms with van der Waals surface area (Å²) in [7, 11) is -1.43. The van der Waals surface area contributed by atoms with E-state index in [0.29, 0.717) is 27.8 Å². The number of rotatable bonds is 4. The summed E-state index contributed by atoms with van der Waals surface area (Å²) in [6.45, 7) is 0. The normalized spacial score (nSPS) is 11.6. The molecule has 1 atom stereocenters. The van der Waals surface area contributed by atoms with Crippen molar-refractivity contribution >= 4 is 49.8 Å². The monoisotopic (exact) mass is 516 g/mol. The minimum Gasteiger partial charge on any atom is -0.383 e. The zero-order valence-corrected chi connectivity index (χ0v) is 20.4. The maximum absolute atomic E-state index is 13.3. The molecule has 3 heterocycles. The molecule has 2 aromatic carbocycles. The summed E-state index contributed by atoms with van der Waals surface area (Å²) in [6.07, 6.45) is 2.90. The highest BCUT2D eigenvalue weighted by atomic mass is 32.2. The Morgan fingerprint density at radius 2 is 1.94 bits per heavy atom. The Hall–Kier alpha value is -4.40. The molecule has 1 unspecified atom stereocenters. The number of halogens is 1. The van der Waals surface area contributed by atoms with Gasteiger partial charge in [-0.15, -0.1) is 11.3 Å². The highest BCUT2D eigenvalue weighted by molar-refractivity contribution is 7.84.